The molecular weight excluding hydrogens is 238 g/mol. The largest absolute Gasteiger partial charge is 0.491 e. The highest BCUT2D eigenvalue weighted by Crippen LogP contribution is 2.15. The van der Waals surface area contributed by atoms with Gasteiger partial charge in [-0.25, -0.2) is 0 Å². The Labute approximate surface area is 115 Å². The van der Waals surface area contributed by atoms with Crippen molar-refractivity contribution in [3.8, 4) is 5.75 Å². The minimum Gasteiger partial charge on any atom is -0.491 e. The number of rotatable bonds is 6. The minimum atomic E-state index is 0.164. The van der Waals surface area contributed by atoms with E-state index in [2.05, 4.69) is 4.90 Å². The Morgan fingerprint density at radius 2 is 1.84 bits per heavy atom. The second kappa shape index (κ2) is 6.71. The number of likely N-dealkylation sites (tertiary alicyclic amines) is 1. The number of hydrogen-bond acceptors (Lipinski definition) is 3. The highest BCUT2D eigenvalue weighted by Gasteiger charge is 2.13. The zero-order valence-electron chi connectivity index (χ0n) is 11.9. The number of carbonyl (C=O) groups is 1. The van der Waals surface area contributed by atoms with Crippen molar-refractivity contribution in [2.24, 2.45) is 0 Å². The van der Waals surface area contributed by atoms with Gasteiger partial charge in [0.15, 0.2) is 5.78 Å². The molecule has 0 aromatic heterocycles. The third-order valence-electron chi connectivity index (χ3n) is 3.40. The molecule has 0 aliphatic carbocycles. The van der Waals surface area contributed by atoms with E-state index in [0.717, 1.165) is 30.9 Å². The summed E-state index contributed by atoms with van der Waals surface area (Å²) in [6, 6.07) is 7.49. The van der Waals surface area contributed by atoms with E-state index in [9.17, 15) is 4.79 Å². The summed E-state index contributed by atoms with van der Waals surface area (Å²) in [5, 5.41) is 0. The molecule has 0 radical (unpaired) electrons. The van der Waals surface area contributed by atoms with Crippen LogP contribution in [0.4, 0.5) is 0 Å². The van der Waals surface area contributed by atoms with Crippen LogP contribution in [0.5, 0.6) is 5.75 Å². The number of ketones is 1. The molecule has 0 unspecified atom stereocenters. The Kier molecular flexibility index (Phi) is 4.97. The molecule has 0 saturated carbocycles. The SMILES string of the molecule is CC(C)Oc1ccc(C(=O)CCN2CCCC2)cc1. The standard InChI is InChI=1S/C16H23NO2/c1-13(2)19-15-7-5-14(6-8-15)16(18)9-12-17-10-3-4-11-17/h5-8,13H,3-4,9-12H2,1-2H3. The molecule has 2 rings (SSSR count). The first kappa shape index (κ1) is 14.1. The molecular formula is C16H23NO2. The van der Waals surface area contributed by atoms with Crippen molar-refractivity contribution >= 4 is 5.78 Å². The number of benzene rings is 1. The Morgan fingerprint density at radius 3 is 2.42 bits per heavy atom. The van der Waals surface area contributed by atoms with Gasteiger partial charge in [-0.3, -0.25) is 4.79 Å². The average molecular weight is 261 g/mol. The molecule has 0 atom stereocenters. The van der Waals surface area contributed by atoms with Gasteiger partial charge in [-0.2, -0.15) is 0 Å². The third kappa shape index (κ3) is 4.35. The summed E-state index contributed by atoms with van der Waals surface area (Å²) in [7, 11) is 0. The highest BCUT2D eigenvalue weighted by atomic mass is 16.5. The number of ether oxygens (including phenoxy) is 1. The summed E-state index contributed by atoms with van der Waals surface area (Å²) in [5.74, 6) is 1.05. The smallest absolute Gasteiger partial charge is 0.164 e. The molecule has 0 N–H and O–H groups in total. The lowest BCUT2D eigenvalue weighted by atomic mass is 10.1. The van der Waals surface area contributed by atoms with Crippen LogP contribution in [0.2, 0.25) is 0 Å². The van der Waals surface area contributed by atoms with Crippen LogP contribution in [0.25, 0.3) is 0 Å². The molecule has 1 aromatic carbocycles. The second-order valence-electron chi connectivity index (χ2n) is 5.41. The van der Waals surface area contributed by atoms with Crippen LogP contribution < -0.4 is 4.74 Å². The van der Waals surface area contributed by atoms with Crippen LogP contribution in [-0.4, -0.2) is 36.4 Å². The number of carbonyl (C=O) groups excluding carboxylic acids is 1. The summed E-state index contributed by atoms with van der Waals surface area (Å²) >= 11 is 0. The zero-order valence-corrected chi connectivity index (χ0v) is 11.9. The summed E-state index contributed by atoms with van der Waals surface area (Å²) in [6.45, 7) is 7.18. The summed E-state index contributed by atoms with van der Waals surface area (Å²) in [4.78, 5) is 14.4. The summed E-state index contributed by atoms with van der Waals surface area (Å²) < 4.78 is 5.57. The average Bonchev–Trinajstić information content (AvgIpc) is 2.89. The first-order valence-electron chi connectivity index (χ1n) is 7.17. The molecule has 0 spiro atoms. The van der Waals surface area contributed by atoms with Gasteiger partial charge in [0.1, 0.15) is 5.75 Å². The van der Waals surface area contributed by atoms with Gasteiger partial charge in [-0.1, -0.05) is 0 Å². The van der Waals surface area contributed by atoms with Crippen LogP contribution in [-0.2, 0) is 0 Å². The highest BCUT2D eigenvalue weighted by molar-refractivity contribution is 5.96. The quantitative estimate of drug-likeness (QED) is 0.737. The molecule has 0 bridgehead atoms. The third-order valence-corrected chi connectivity index (χ3v) is 3.40. The molecule has 3 heteroatoms. The molecule has 1 fully saturated rings. The molecule has 1 aliphatic rings. The lowest BCUT2D eigenvalue weighted by Gasteiger charge is -2.13. The minimum absolute atomic E-state index is 0.164. The van der Waals surface area contributed by atoms with Crippen LogP contribution in [0.15, 0.2) is 24.3 Å². The van der Waals surface area contributed by atoms with Gasteiger partial charge in [0, 0.05) is 18.5 Å². The first-order chi connectivity index (χ1) is 9.15. The molecule has 0 amide bonds. The van der Waals surface area contributed by atoms with E-state index in [4.69, 9.17) is 4.74 Å². The number of Topliss-reactive ketones (excluding diaryl/α,β-unsaturated/α-hetero) is 1. The fraction of sp³-hybridized carbons (Fsp3) is 0.562. The van der Waals surface area contributed by atoms with E-state index in [0.29, 0.717) is 6.42 Å². The first-order valence-corrected chi connectivity index (χ1v) is 7.17. The van der Waals surface area contributed by atoms with Gasteiger partial charge < -0.3 is 9.64 Å². The monoisotopic (exact) mass is 261 g/mol. The second-order valence-corrected chi connectivity index (χ2v) is 5.41. The number of nitrogens with zero attached hydrogens (tertiary/aromatic N) is 1. The van der Waals surface area contributed by atoms with Crippen molar-refractivity contribution in [2.75, 3.05) is 19.6 Å². The van der Waals surface area contributed by atoms with E-state index in [1.54, 1.807) is 0 Å². The predicted octanol–water partition coefficient (Wildman–Crippen LogP) is 3.14. The molecule has 104 valence electrons. The molecule has 1 aliphatic heterocycles. The van der Waals surface area contributed by atoms with E-state index < -0.39 is 0 Å². The lowest BCUT2D eigenvalue weighted by molar-refractivity contribution is 0.0969. The Balaban J connectivity index is 1.84. The molecule has 19 heavy (non-hydrogen) atoms. The van der Waals surface area contributed by atoms with Crippen molar-refractivity contribution in [1.82, 2.24) is 4.90 Å². The van der Waals surface area contributed by atoms with Crippen molar-refractivity contribution in [3.05, 3.63) is 29.8 Å². The van der Waals surface area contributed by atoms with Crippen molar-refractivity contribution in [2.45, 2.75) is 39.2 Å². The van der Waals surface area contributed by atoms with Crippen LogP contribution in [0.1, 0.15) is 43.5 Å². The molecule has 3 nitrogen and oxygen atoms in total. The van der Waals surface area contributed by atoms with E-state index in [1.165, 1.54) is 12.8 Å². The molecule has 1 heterocycles. The summed E-state index contributed by atoms with van der Waals surface area (Å²) in [5.41, 5.74) is 0.787. The maximum absolute atomic E-state index is 12.1. The van der Waals surface area contributed by atoms with Gasteiger partial charge in [-0.15, -0.1) is 0 Å². The van der Waals surface area contributed by atoms with E-state index in [1.807, 2.05) is 38.1 Å². The lowest BCUT2D eigenvalue weighted by Crippen LogP contribution is -2.22. The maximum Gasteiger partial charge on any atom is 0.164 e. The topological polar surface area (TPSA) is 29.5 Å². The van der Waals surface area contributed by atoms with Crippen LogP contribution in [0, 0.1) is 0 Å². The summed E-state index contributed by atoms with van der Waals surface area (Å²) in [6.07, 6.45) is 3.33. The fourth-order valence-corrected chi connectivity index (χ4v) is 2.40. The van der Waals surface area contributed by atoms with Gasteiger partial charge in [0.05, 0.1) is 6.10 Å². The molecule has 1 saturated heterocycles. The Hall–Kier alpha value is -1.35. The normalized spacial score (nSPS) is 15.9. The van der Waals surface area contributed by atoms with E-state index >= 15 is 0 Å². The Bertz CT molecular complexity index is 405. The van der Waals surface area contributed by atoms with Crippen molar-refractivity contribution < 1.29 is 9.53 Å². The Morgan fingerprint density at radius 1 is 1.21 bits per heavy atom. The predicted molar refractivity (Wildman–Crippen MR) is 76.8 cm³/mol. The van der Waals surface area contributed by atoms with Gasteiger partial charge in [0.25, 0.3) is 0 Å². The number of hydrogen-bond donors (Lipinski definition) is 0. The van der Waals surface area contributed by atoms with Crippen LogP contribution >= 0.6 is 0 Å². The van der Waals surface area contributed by atoms with Crippen LogP contribution in [0.3, 0.4) is 0 Å². The maximum atomic E-state index is 12.1. The molecule has 1 aromatic rings. The van der Waals surface area contributed by atoms with E-state index in [-0.39, 0.29) is 11.9 Å². The van der Waals surface area contributed by atoms with Crippen molar-refractivity contribution in [3.63, 3.8) is 0 Å². The van der Waals surface area contributed by atoms with Gasteiger partial charge in [0.2, 0.25) is 0 Å². The van der Waals surface area contributed by atoms with Gasteiger partial charge >= 0.3 is 0 Å². The zero-order chi connectivity index (χ0) is 13.7. The van der Waals surface area contributed by atoms with Gasteiger partial charge in [-0.05, 0) is 64.0 Å². The van der Waals surface area contributed by atoms with Crippen molar-refractivity contribution in [1.29, 1.82) is 0 Å². The fourth-order valence-electron chi connectivity index (χ4n) is 2.40.